The van der Waals surface area contributed by atoms with E-state index in [1.54, 1.807) is 0 Å². The predicted octanol–water partition coefficient (Wildman–Crippen LogP) is 7.30. The zero-order valence-corrected chi connectivity index (χ0v) is 15.6. The van der Waals surface area contributed by atoms with Gasteiger partial charge in [-0.1, -0.05) is 78.9 Å². The lowest BCUT2D eigenvalue weighted by Gasteiger charge is -2.19. The van der Waals surface area contributed by atoms with Gasteiger partial charge in [0.2, 0.25) is 0 Å². The lowest BCUT2D eigenvalue weighted by Crippen LogP contribution is -2.00. The highest BCUT2D eigenvalue weighted by molar-refractivity contribution is 5.92. The third-order valence-electron chi connectivity index (χ3n) is 5.56. The van der Waals surface area contributed by atoms with E-state index in [-0.39, 0.29) is 0 Å². The van der Waals surface area contributed by atoms with Crippen molar-refractivity contribution in [1.29, 1.82) is 0 Å². The molecule has 5 rings (SSSR count). The van der Waals surface area contributed by atoms with Crippen molar-refractivity contribution in [2.75, 3.05) is 0 Å². The zero-order valence-electron chi connectivity index (χ0n) is 15.6. The molecular formula is C27H22. The topological polar surface area (TPSA) is 0 Å². The van der Waals surface area contributed by atoms with Crippen LogP contribution in [0.2, 0.25) is 0 Å². The second-order valence-electron chi connectivity index (χ2n) is 7.52. The van der Waals surface area contributed by atoms with Gasteiger partial charge in [-0.3, -0.25) is 0 Å². The van der Waals surface area contributed by atoms with Gasteiger partial charge in [0, 0.05) is 0 Å². The monoisotopic (exact) mass is 346 g/mol. The first-order chi connectivity index (χ1) is 13.3. The Bertz CT molecular complexity index is 1160. The van der Waals surface area contributed by atoms with Gasteiger partial charge in [-0.05, 0) is 81.6 Å². The molecule has 0 saturated heterocycles. The standard InChI is InChI=1S/C27H22/c1-19-13-25(20-7-3-2-4-8-20)18-26(14-19)24-12-11-23-15-21-9-5-6-10-22(21)16-27(23)17-24/h2-10,13-18H,11-12H2,1H3. The molecule has 1 aliphatic rings. The maximum atomic E-state index is 2.40. The molecule has 0 unspecified atom stereocenters. The Morgan fingerprint density at radius 2 is 1.30 bits per heavy atom. The van der Waals surface area contributed by atoms with Crippen molar-refractivity contribution in [3.8, 4) is 11.1 Å². The van der Waals surface area contributed by atoms with Crippen molar-refractivity contribution in [3.63, 3.8) is 0 Å². The second kappa shape index (κ2) is 6.55. The summed E-state index contributed by atoms with van der Waals surface area (Å²) in [7, 11) is 0. The van der Waals surface area contributed by atoms with E-state index >= 15 is 0 Å². The molecule has 0 bridgehead atoms. The van der Waals surface area contributed by atoms with Gasteiger partial charge in [-0.2, -0.15) is 0 Å². The molecule has 0 spiro atoms. The van der Waals surface area contributed by atoms with Crippen molar-refractivity contribution in [2.24, 2.45) is 0 Å². The van der Waals surface area contributed by atoms with E-state index in [1.807, 2.05) is 0 Å². The summed E-state index contributed by atoms with van der Waals surface area (Å²) >= 11 is 0. The van der Waals surface area contributed by atoms with E-state index in [0.717, 1.165) is 12.8 Å². The molecule has 4 aromatic carbocycles. The van der Waals surface area contributed by atoms with Crippen molar-refractivity contribution in [2.45, 2.75) is 19.8 Å². The highest BCUT2D eigenvalue weighted by atomic mass is 14.2. The molecular weight excluding hydrogens is 324 g/mol. The molecule has 4 aromatic rings. The van der Waals surface area contributed by atoms with Crippen LogP contribution < -0.4 is 0 Å². The van der Waals surface area contributed by atoms with E-state index in [2.05, 4.69) is 97.9 Å². The van der Waals surface area contributed by atoms with Crippen molar-refractivity contribution < 1.29 is 0 Å². The van der Waals surface area contributed by atoms with Crippen LogP contribution >= 0.6 is 0 Å². The third kappa shape index (κ3) is 3.08. The van der Waals surface area contributed by atoms with Crippen LogP contribution in [0, 0.1) is 6.92 Å². The van der Waals surface area contributed by atoms with Crippen LogP contribution in [0.25, 0.3) is 33.5 Å². The lowest BCUT2D eigenvalue weighted by molar-refractivity contribution is 1.00. The van der Waals surface area contributed by atoms with Gasteiger partial charge >= 0.3 is 0 Å². The molecule has 0 atom stereocenters. The molecule has 130 valence electrons. The number of fused-ring (bicyclic) bond motifs is 2. The van der Waals surface area contributed by atoms with Gasteiger partial charge in [0.15, 0.2) is 0 Å². The number of benzene rings is 4. The number of hydrogen-bond donors (Lipinski definition) is 0. The minimum atomic E-state index is 1.10. The van der Waals surface area contributed by atoms with Gasteiger partial charge < -0.3 is 0 Å². The Labute approximate surface area is 160 Å². The summed E-state index contributed by atoms with van der Waals surface area (Å²) in [5.74, 6) is 0. The summed E-state index contributed by atoms with van der Waals surface area (Å²) in [5.41, 5.74) is 9.54. The van der Waals surface area contributed by atoms with Crippen molar-refractivity contribution in [3.05, 3.63) is 107 Å². The highest BCUT2D eigenvalue weighted by Crippen LogP contribution is 2.34. The van der Waals surface area contributed by atoms with E-state index in [1.165, 1.54) is 49.7 Å². The number of allylic oxidation sites excluding steroid dienone is 1. The SMILES string of the molecule is Cc1cc(C2=Cc3cc4ccccc4cc3CC2)cc(-c2ccccc2)c1. The van der Waals surface area contributed by atoms with E-state index in [9.17, 15) is 0 Å². The second-order valence-corrected chi connectivity index (χ2v) is 7.52. The lowest BCUT2D eigenvalue weighted by atomic mass is 9.86. The molecule has 0 aromatic heterocycles. The van der Waals surface area contributed by atoms with E-state index in [4.69, 9.17) is 0 Å². The van der Waals surface area contributed by atoms with Gasteiger partial charge in [-0.25, -0.2) is 0 Å². The van der Waals surface area contributed by atoms with Crippen LogP contribution in [0.3, 0.4) is 0 Å². The molecule has 0 aliphatic heterocycles. The van der Waals surface area contributed by atoms with Crippen molar-refractivity contribution >= 4 is 22.4 Å². The maximum absolute atomic E-state index is 2.40. The molecule has 0 heterocycles. The van der Waals surface area contributed by atoms with Gasteiger partial charge in [0.1, 0.15) is 0 Å². The Hall–Kier alpha value is -3.12. The van der Waals surface area contributed by atoms with Crippen LogP contribution in [0.1, 0.15) is 28.7 Å². The fraction of sp³-hybridized carbons (Fsp3) is 0.111. The molecule has 0 heteroatoms. The van der Waals surface area contributed by atoms with Crippen LogP contribution in [0.15, 0.2) is 84.9 Å². The largest absolute Gasteiger partial charge is 0.0622 e. The summed E-state index contributed by atoms with van der Waals surface area (Å²) in [4.78, 5) is 0. The highest BCUT2D eigenvalue weighted by Gasteiger charge is 2.14. The number of aryl methyl sites for hydroxylation is 2. The first kappa shape index (κ1) is 16.1. The van der Waals surface area contributed by atoms with Gasteiger partial charge in [0.05, 0.1) is 0 Å². The van der Waals surface area contributed by atoms with Gasteiger partial charge in [-0.15, -0.1) is 0 Å². The fourth-order valence-electron chi connectivity index (χ4n) is 4.18. The van der Waals surface area contributed by atoms with Crippen LogP contribution in [0.4, 0.5) is 0 Å². The quantitative estimate of drug-likeness (QED) is 0.357. The van der Waals surface area contributed by atoms with Crippen LogP contribution in [-0.2, 0) is 6.42 Å². The minimum absolute atomic E-state index is 1.10. The Kier molecular flexibility index (Phi) is 3.90. The normalized spacial score (nSPS) is 13.3. The molecule has 27 heavy (non-hydrogen) atoms. The third-order valence-corrected chi connectivity index (χ3v) is 5.56. The maximum Gasteiger partial charge on any atom is -0.0175 e. The molecule has 0 saturated carbocycles. The summed E-state index contributed by atoms with van der Waals surface area (Å²) in [6.45, 7) is 2.20. The number of hydrogen-bond acceptors (Lipinski definition) is 0. The average molecular weight is 346 g/mol. The van der Waals surface area contributed by atoms with E-state index < -0.39 is 0 Å². The molecule has 0 fully saturated rings. The van der Waals surface area contributed by atoms with Crippen molar-refractivity contribution in [1.82, 2.24) is 0 Å². The fourth-order valence-corrected chi connectivity index (χ4v) is 4.18. The smallest absolute Gasteiger partial charge is 0.0175 e. The zero-order chi connectivity index (χ0) is 18.2. The predicted molar refractivity (Wildman–Crippen MR) is 117 cm³/mol. The van der Waals surface area contributed by atoms with Crippen LogP contribution in [-0.4, -0.2) is 0 Å². The Balaban J connectivity index is 1.60. The molecule has 0 N–H and O–H groups in total. The molecule has 1 aliphatic carbocycles. The molecule has 0 radical (unpaired) electrons. The van der Waals surface area contributed by atoms with Crippen LogP contribution in [0.5, 0.6) is 0 Å². The molecule has 0 amide bonds. The Morgan fingerprint density at radius 1 is 0.593 bits per heavy atom. The summed E-state index contributed by atoms with van der Waals surface area (Å²) in [6.07, 6.45) is 4.61. The average Bonchev–Trinajstić information content (AvgIpc) is 2.72. The van der Waals surface area contributed by atoms with E-state index in [0.29, 0.717) is 0 Å². The minimum Gasteiger partial charge on any atom is -0.0622 e. The summed E-state index contributed by atoms with van der Waals surface area (Å²) in [5, 5.41) is 2.66. The molecule has 0 nitrogen and oxygen atoms in total. The summed E-state index contributed by atoms with van der Waals surface area (Å²) < 4.78 is 0. The summed E-state index contributed by atoms with van der Waals surface area (Å²) in [6, 6.07) is 31.0. The first-order valence-corrected chi connectivity index (χ1v) is 9.66. The first-order valence-electron chi connectivity index (χ1n) is 9.66. The number of rotatable bonds is 2. The van der Waals surface area contributed by atoms with Gasteiger partial charge in [0.25, 0.3) is 0 Å². The Morgan fingerprint density at radius 3 is 2.11 bits per heavy atom.